The van der Waals surface area contributed by atoms with Gasteiger partial charge in [-0.05, 0) is 18.6 Å². The topological polar surface area (TPSA) is 91.8 Å². The number of halogens is 1. The van der Waals surface area contributed by atoms with Crippen LogP contribution in [0.4, 0.5) is 0 Å². The molecule has 0 spiro atoms. The average Bonchev–Trinajstić information content (AvgIpc) is 3.02. The van der Waals surface area contributed by atoms with Crippen LogP contribution < -0.4 is 0 Å². The van der Waals surface area contributed by atoms with Crippen LogP contribution in [0.25, 0.3) is 0 Å². The van der Waals surface area contributed by atoms with Crippen molar-refractivity contribution in [2.75, 3.05) is 37.7 Å². The Morgan fingerprint density at radius 1 is 1.12 bits per heavy atom. The van der Waals surface area contributed by atoms with E-state index in [4.69, 9.17) is 11.6 Å². The van der Waals surface area contributed by atoms with Crippen molar-refractivity contribution in [3.8, 4) is 0 Å². The van der Waals surface area contributed by atoms with Gasteiger partial charge in [0.05, 0.1) is 10.1 Å². The molecule has 7 nitrogen and oxygen atoms in total. The van der Waals surface area contributed by atoms with E-state index in [9.17, 15) is 21.6 Å². The van der Waals surface area contributed by atoms with Crippen LogP contribution in [0.1, 0.15) is 26.2 Å². The molecule has 1 aromatic heterocycles. The molecule has 0 N–H and O–H groups in total. The molecule has 1 aliphatic rings. The summed E-state index contributed by atoms with van der Waals surface area (Å²) in [5, 5.41) is 0. The summed E-state index contributed by atoms with van der Waals surface area (Å²) in [6.07, 6.45) is 2.29. The van der Waals surface area contributed by atoms with Gasteiger partial charge in [-0.3, -0.25) is 4.79 Å². The summed E-state index contributed by atoms with van der Waals surface area (Å²) in [5.41, 5.74) is 0. The Kier molecular flexibility index (Phi) is 7.49. The van der Waals surface area contributed by atoms with E-state index < -0.39 is 31.5 Å². The fraction of sp³-hybridized carbons (Fsp3) is 0.667. The lowest BCUT2D eigenvalue weighted by atomic mass is 10.3. The maximum Gasteiger partial charge on any atom is 0.252 e. The maximum atomic E-state index is 12.5. The zero-order chi connectivity index (χ0) is 19.4. The number of sulfone groups is 1. The molecule has 0 unspecified atom stereocenters. The Bertz CT molecular complexity index is 827. The Hall–Kier alpha value is -0.680. The van der Waals surface area contributed by atoms with Crippen molar-refractivity contribution in [1.29, 1.82) is 0 Å². The summed E-state index contributed by atoms with van der Waals surface area (Å²) in [5.74, 6) is -0.956. The Morgan fingerprint density at radius 2 is 1.77 bits per heavy atom. The van der Waals surface area contributed by atoms with E-state index in [2.05, 4.69) is 0 Å². The van der Waals surface area contributed by atoms with Crippen LogP contribution in [0.3, 0.4) is 0 Å². The number of carbonyl (C=O) groups is 1. The largest absolute Gasteiger partial charge is 0.339 e. The van der Waals surface area contributed by atoms with Crippen LogP contribution in [0, 0.1) is 0 Å². The second kappa shape index (κ2) is 9.01. The molecule has 148 valence electrons. The zero-order valence-corrected chi connectivity index (χ0v) is 17.8. The van der Waals surface area contributed by atoms with Crippen molar-refractivity contribution in [3.63, 3.8) is 0 Å². The molecule has 1 amide bonds. The number of thiophene rings is 1. The Balaban J connectivity index is 1.90. The molecule has 0 bridgehead atoms. The molecule has 2 rings (SSSR count). The molecule has 0 aromatic carbocycles. The summed E-state index contributed by atoms with van der Waals surface area (Å²) < 4.78 is 50.9. The van der Waals surface area contributed by atoms with E-state index in [-0.39, 0.29) is 36.1 Å². The first-order chi connectivity index (χ1) is 12.2. The summed E-state index contributed by atoms with van der Waals surface area (Å²) in [6.45, 7) is 2.62. The van der Waals surface area contributed by atoms with Crippen molar-refractivity contribution >= 4 is 48.7 Å². The molecule has 11 heteroatoms. The van der Waals surface area contributed by atoms with Gasteiger partial charge in [0.25, 0.3) is 10.0 Å². The highest BCUT2D eigenvalue weighted by Crippen LogP contribution is 2.28. The van der Waals surface area contributed by atoms with E-state index in [0.29, 0.717) is 10.8 Å². The highest BCUT2D eigenvalue weighted by Gasteiger charge is 2.32. The van der Waals surface area contributed by atoms with Crippen LogP contribution >= 0.6 is 22.9 Å². The molecule has 1 aromatic rings. The van der Waals surface area contributed by atoms with Crippen molar-refractivity contribution < 1.29 is 21.6 Å². The van der Waals surface area contributed by atoms with Gasteiger partial charge >= 0.3 is 0 Å². The number of unbranched alkanes of at least 4 members (excludes halogenated alkanes) is 2. The lowest BCUT2D eigenvalue weighted by Crippen LogP contribution is -2.51. The van der Waals surface area contributed by atoms with E-state index in [1.807, 2.05) is 6.92 Å². The standard InChI is InChI=1S/C15H23ClN2O5S3/c1-2-3-4-11-25(20,21)12-14(19)17-7-9-18(10-8-17)26(22,23)15-6-5-13(16)24-15/h5-6H,2-4,7-12H2,1H3. The molecule has 0 saturated carbocycles. The molecule has 0 atom stereocenters. The fourth-order valence-electron chi connectivity index (χ4n) is 2.66. The SMILES string of the molecule is CCCCCS(=O)(=O)CC(=O)N1CCN(S(=O)(=O)c2ccc(Cl)s2)CC1. The molecule has 1 fully saturated rings. The number of rotatable bonds is 8. The molecule has 1 aliphatic heterocycles. The van der Waals surface area contributed by atoms with Gasteiger partial charge in [0, 0.05) is 26.2 Å². The van der Waals surface area contributed by atoms with Crippen LogP contribution in [-0.2, 0) is 24.7 Å². The van der Waals surface area contributed by atoms with Gasteiger partial charge in [0.1, 0.15) is 9.96 Å². The fourth-order valence-corrected chi connectivity index (χ4v) is 7.07. The minimum absolute atomic E-state index is 0.0139. The van der Waals surface area contributed by atoms with Gasteiger partial charge < -0.3 is 4.90 Å². The Labute approximate surface area is 163 Å². The van der Waals surface area contributed by atoms with Gasteiger partial charge in [-0.1, -0.05) is 31.4 Å². The first kappa shape index (κ1) is 21.6. The van der Waals surface area contributed by atoms with Gasteiger partial charge in [0.2, 0.25) is 5.91 Å². The van der Waals surface area contributed by atoms with Crippen LogP contribution in [0.5, 0.6) is 0 Å². The number of piperazine rings is 1. The second-order valence-corrected chi connectivity index (χ2v) is 12.2. The predicted octanol–water partition coefficient (Wildman–Crippen LogP) is 1.84. The first-order valence-corrected chi connectivity index (χ1v) is 12.8. The minimum Gasteiger partial charge on any atom is -0.339 e. The van der Waals surface area contributed by atoms with Gasteiger partial charge in [-0.25, -0.2) is 16.8 Å². The van der Waals surface area contributed by atoms with Crippen LogP contribution in [0.2, 0.25) is 4.34 Å². The molecule has 26 heavy (non-hydrogen) atoms. The first-order valence-electron chi connectivity index (χ1n) is 8.39. The van der Waals surface area contributed by atoms with Crippen molar-refractivity contribution in [2.24, 2.45) is 0 Å². The van der Waals surface area contributed by atoms with Crippen molar-refractivity contribution in [1.82, 2.24) is 9.21 Å². The third-order valence-electron chi connectivity index (χ3n) is 4.14. The molecule has 2 heterocycles. The monoisotopic (exact) mass is 442 g/mol. The third-order valence-corrected chi connectivity index (χ3v) is 9.33. The lowest BCUT2D eigenvalue weighted by molar-refractivity contribution is -0.129. The van der Waals surface area contributed by atoms with Gasteiger partial charge in [0.15, 0.2) is 9.84 Å². The number of sulfonamides is 1. The van der Waals surface area contributed by atoms with E-state index >= 15 is 0 Å². The van der Waals surface area contributed by atoms with Crippen molar-refractivity contribution in [3.05, 3.63) is 16.5 Å². The van der Waals surface area contributed by atoms with E-state index in [0.717, 1.165) is 24.2 Å². The molecule has 1 saturated heterocycles. The molecular weight excluding hydrogens is 420 g/mol. The average molecular weight is 443 g/mol. The zero-order valence-electron chi connectivity index (χ0n) is 14.6. The van der Waals surface area contributed by atoms with Gasteiger partial charge in [-0.15, -0.1) is 11.3 Å². The summed E-state index contributed by atoms with van der Waals surface area (Å²) in [7, 11) is -7.05. The highest BCUT2D eigenvalue weighted by atomic mass is 35.5. The number of hydrogen-bond acceptors (Lipinski definition) is 6. The van der Waals surface area contributed by atoms with E-state index in [1.54, 1.807) is 0 Å². The quantitative estimate of drug-likeness (QED) is 0.573. The second-order valence-electron chi connectivity index (χ2n) is 6.14. The molecule has 0 aliphatic carbocycles. The summed E-state index contributed by atoms with van der Waals surface area (Å²) in [4.78, 5) is 13.7. The number of amides is 1. The van der Waals surface area contributed by atoms with Crippen LogP contribution in [-0.4, -0.2) is 69.6 Å². The molecular formula is C15H23ClN2O5S3. The Morgan fingerprint density at radius 3 is 2.31 bits per heavy atom. The smallest absolute Gasteiger partial charge is 0.252 e. The maximum absolute atomic E-state index is 12.5. The third kappa shape index (κ3) is 5.66. The van der Waals surface area contributed by atoms with Crippen LogP contribution in [0.15, 0.2) is 16.3 Å². The predicted molar refractivity (Wildman–Crippen MR) is 103 cm³/mol. The number of hydrogen-bond donors (Lipinski definition) is 0. The van der Waals surface area contributed by atoms with Gasteiger partial charge in [-0.2, -0.15) is 4.31 Å². The minimum atomic E-state index is -3.63. The van der Waals surface area contributed by atoms with E-state index in [1.165, 1.54) is 21.3 Å². The number of nitrogens with zero attached hydrogens (tertiary/aromatic N) is 2. The molecule has 0 radical (unpaired) electrons. The summed E-state index contributed by atoms with van der Waals surface area (Å²) >= 11 is 6.79. The lowest BCUT2D eigenvalue weighted by Gasteiger charge is -2.33. The summed E-state index contributed by atoms with van der Waals surface area (Å²) in [6, 6.07) is 2.99. The number of carbonyl (C=O) groups excluding carboxylic acids is 1. The van der Waals surface area contributed by atoms with Crippen molar-refractivity contribution in [2.45, 2.75) is 30.4 Å². The highest BCUT2D eigenvalue weighted by molar-refractivity contribution is 7.92. The normalized spacial score (nSPS) is 16.8.